The molecule has 2 rings (SSSR count). The van der Waals surface area contributed by atoms with Crippen molar-refractivity contribution in [3.63, 3.8) is 0 Å². The van der Waals surface area contributed by atoms with Gasteiger partial charge in [-0.15, -0.1) is 0 Å². The largest absolute Gasteiger partial charge is 0.380 e. The lowest BCUT2D eigenvalue weighted by Gasteiger charge is -2.39. The molecule has 3 nitrogen and oxygen atoms in total. The molecule has 2 N–H and O–H groups in total. The molecule has 19 heavy (non-hydrogen) atoms. The van der Waals surface area contributed by atoms with Crippen LogP contribution in [-0.4, -0.2) is 37.2 Å². The summed E-state index contributed by atoms with van der Waals surface area (Å²) >= 11 is 0. The molecule has 4 heteroatoms. The number of nitrogens with two attached hydrogens (primary N) is 1. The quantitative estimate of drug-likeness (QED) is 0.909. The maximum atomic E-state index is 13.4. The monoisotopic (exact) mass is 266 g/mol. The molecule has 1 saturated heterocycles. The molecule has 3 atom stereocenters. The van der Waals surface area contributed by atoms with Gasteiger partial charge in [-0.25, -0.2) is 4.39 Å². The van der Waals surface area contributed by atoms with Gasteiger partial charge in [0.05, 0.1) is 6.10 Å². The minimum absolute atomic E-state index is 0.0441. The van der Waals surface area contributed by atoms with Crippen molar-refractivity contribution < 1.29 is 9.13 Å². The van der Waals surface area contributed by atoms with Gasteiger partial charge in [0, 0.05) is 25.7 Å². The summed E-state index contributed by atoms with van der Waals surface area (Å²) in [5.74, 6) is -0.205. The van der Waals surface area contributed by atoms with Crippen molar-refractivity contribution in [1.29, 1.82) is 0 Å². The Morgan fingerprint density at radius 3 is 2.89 bits per heavy atom. The third kappa shape index (κ3) is 3.53. The lowest BCUT2D eigenvalue weighted by atomic mass is 9.96. The predicted octanol–water partition coefficient (Wildman–Crippen LogP) is 2.32. The van der Waals surface area contributed by atoms with Crippen LogP contribution in [0.25, 0.3) is 0 Å². The summed E-state index contributed by atoms with van der Waals surface area (Å²) in [6.07, 6.45) is 2.43. The van der Waals surface area contributed by atoms with E-state index in [0.29, 0.717) is 0 Å². The molecule has 3 unspecified atom stereocenters. The van der Waals surface area contributed by atoms with Crippen molar-refractivity contribution in [3.8, 4) is 0 Å². The van der Waals surface area contributed by atoms with E-state index >= 15 is 0 Å². The van der Waals surface area contributed by atoms with E-state index < -0.39 is 0 Å². The summed E-state index contributed by atoms with van der Waals surface area (Å²) in [5.41, 5.74) is 7.08. The number of hydrogen-bond donors (Lipinski definition) is 1. The lowest BCUT2D eigenvalue weighted by molar-refractivity contribution is 0.0103. The van der Waals surface area contributed by atoms with Crippen LogP contribution in [0, 0.1) is 5.82 Å². The Hall–Kier alpha value is -0.970. The van der Waals surface area contributed by atoms with Crippen molar-refractivity contribution in [2.75, 3.05) is 20.2 Å². The van der Waals surface area contributed by atoms with E-state index in [2.05, 4.69) is 4.90 Å². The van der Waals surface area contributed by atoms with Crippen LogP contribution in [0.3, 0.4) is 0 Å². The van der Waals surface area contributed by atoms with Crippen LogP contribution in [0.4, 0.5) is 4.39 Å². The van der Waals surface area contributed by atoms with E-state index in [4.69, 9.17) is 10.5 Å². The van der Waals surface area contributed by atoms with E-state index in [-0.39, 0.29) is 24.0 Å². The number of benzene rings is 1. The Labute approximate surface area is 114 Å². The Balaban J connectivity index is 2.20. The van der Waals surface area contributed by atoms with Gasteiger partial charge in [0.1, 0.15) is 5.82 Å². The molecule has 1 heterocycles. The van der Waals surface area contributed by atoms with Crippen LogP contribution < -0.4 is 5.73 Å². The third-order valence-electron chi connectivity index (χ3n) is 3.82. The summed E-state index contributed by atoms with van der Waals surface area (Å²) in [7, 11) is 1.75. The minimum atomic E-state index is -0.205. The van der Waals surface area contributed by atoms with Crippen LogP contribution in [-0.2, 0) is 4.74 Å². The van der Waals surface area contributed by atoms with Gasteiger partial charge in [-0.05, 0) is 44.0 Å². The van der Waals surface area contributed by atoms with Crippen molar-refractivity contribution in [1.82, 2.24) is 4.90 Å². The highest BCUT2D eigenvalue weighted by molar-refractivity contribution is 5.22. The average Bonchev–Trinajstić information content (AvgIpc) is 2.39. The van der Waals surface area contributed by atoms with E-state index in [1.807, 2.05) is 13.0 Å². The highest BCUT2D eigenvalue weighted by Crippen LogP contribution is 2.28. The molecule has 1 aliphatic heterocycles. The SMILES string of the molecule is COC1CCCN(C(c2cccc(F)c2)C(C)N)C1. The predicted molar refractivity (Wildman–Crippen MR) is 74.4 cm³/mol. The fourth-order valence-electron chi connectivity index (χ4n) is 2.95. The fourth-order valence-corrected chi connectivity index (χ4v) is 2.95. The van der Waals surface area contributed by atoms with E-state index in [1.165, 1.54) is 6.07 Å². The zero-order valence-electron chi connectivity index (χ0n) is 11.7. The molecule has 1 aliphatic rings. The van der Waals surface area contributed by atoms with Gasteiger partial charge in [0.15, 0.2) is 0 Å². The standard InChI is InChI=1S/C15H23FN2O/c1-11(17)15(12-5-3-6-13(16)9-12)18-8-4-7-14(10-18)19-2/h3,5-6,9,11,14-15H,4,7-8,10,17H2,1-2H3. The topological polar surface area (TPSA) is 38.5 Å². The van der Waals surface area contributed by atoms with Gasteiger partial charge >= 0.3 is 0 Å². The second kappa shape index (κ2) is 6.46. The molecule has 0 amide bonds. The van der Waals surface area contributed by atoms with E-state index in [9.17, 15) is 4.39 Å². The zero-order valence-corrected chi connectivity index (χ0v) is 11.7. The van der Waals surface area contributed by atoms with Crippen LogP contribution in [0.2, 0.25) is 0 Å². The molecule has 1 aromatic carbocycles. The number of likely N-dealkylation sites (tertiary alicyclic amines) is 1. The summed E-state index contributed by atoms with van der Waals surface area (Å²) in [6, 6.07) is 6.76. The first-order valence-corrected chi connectivity index (χ1v) is 6.89. The van der Waals surface area contributed by atoms with Gasteiger partial charge in [0.2, 0.25) is 0 Å². The Morgan fingerprint density at radius 2 is 2.26 bits per heavy atom. The molecule has 0 saturated carbocycles. The molecule has 106 valence electrons. The molecule has 0 radical (unpaired) electrons. The normalized spacial score (nSPS) is 24.1. The van der Waals surface area contributed by atoms with Gasteiger partial charge < -0.3 is 10.5 Å². The maximum Gasteiger partial charge on any atom is 0.123 e. The Bertz CT molecular complexity index is 411. The number of nitrogens with zero attached hydrogens (tertiary/aromatic N) is 1. The summed E-state index contributed by atoms with van der Waals surface area (Å²) < 4.78 is 18.9. The maximum absolute atomic E-state index is 13.4. The van der Waals surface area contributed by atoms with Crippen LogP contribution in [0.5, 0.6) is 0 Å². The first-order chi connectivity index (χ1) is 9.11. The van der Waals surface area contributed by atoms with Crippen LogP contribution in [0.15, 0.2) is 24.3 Å². The smallest absolute Gasteiger partial charge is 0.123 e. The van der Waals surface area contributed by atoms with Gasteiger partial charge in [0.25, 0.3) is 0 Å². The van der Waals surface area contributed by atoms with Crippen LogP contribution >= 0.6 is 0 Å². The van der Waals surface area contributed by atoms with Gasteiger partial charge in [-0.2, -0.15) is 0 Å². The first-order valence-electron chi connectivity index (χ1n) is 6.89. The Morgan fingerprint density at radius 1 is 1.47 bits per heavy atom. The summed E-state index contributed by atoms with van der Waals surface area (Å²) in [4.78, 5) is 2.32. The summed E-state index contributed by atoms with van der Waals surface area (Å²) in [5, 5.41) is 0. The highest BCUT2D eigenvalue weighted by Gasteiger charge is 2.29. The summed E-state index contributed by atoms with van der Waals surface area (Å²) in [6.45, 7) is 3.83. The molecule has 0 aromatic heterocycles. The lowest BCUT2D eigenvalue weighted by Crippen LogP contribution is -2.46. The van der Waals surface area contributed by atoms with Crippen LogP contribution in [0.1, 0.15) is 31.4 Å². The van der Waals surface area contributed by atoms with Crippen molar-refractivity contribution in [3.05, 3.63) is 35.6 Å². The molecule has 0 spiro atoms. The molecule has 0 aliphatic carbocycles. The number of methoxy groups -OCH3 is 1. The molecular formula is C15H23FN2O. The number of rotatable bonds is 4. The van der Waals surface area contributed by atoms with Crippen molar-refractivity contribution in [2.24, 2.45) is 5.73 Å². The van der Waals surface area contributed by atoms with Gasteiger partial charge in [-0.1, -0.05) is 12.1 Å². The van der Waals surface area contributed by atoms with Crippen molar-refractivity contribution >= 4 is 0 Å². The molecule has 1 fully saturated rings. The second-order valence-corrected chi connectivity index (χ2v) is 5.35. The molecular weight excluding hydrogens is 243 g/mol. The zero-order chi connectivity index (χ0) is 13.8. The highest BCUT2D eigenvalue weighted by atomic mass is 19.1. The Kier molecular flexibility index (Phi) is 4.91. The average molecular weight is 266 g/mol. The third-order valence-corrected chi connectivity index (χ3v) is 3.82. The molecule has 0 bridgehead atoms. The number of piperidine rings is 1. The number of halogens is 1. The van der Waals surface area contributed by atoms with E-state index in [0.717, 1.165) is 31.5 Å². The minimum Gasteiger partial charge on any atom is -0.380 e. The number of hydrogen-bond acceptors (Lipinski definition) is 3. The number of ether oxygens (including phenoxy) is 1. The first kappa shape index (κ1) is 14.4. The van der Waals surface area contributed by atoms with Crippen molar-refractivity contribution in [2.45, 2.75) is 38.0 Å². The van der Waals surface area contributed by atoms with Gasteiger partial charge in [-0.3, -0.25) is 4.90 Å². The molecule has 1 aromatic rings. The van der Waals surface area contributed by atoms with E-state index in [1.54, 1.807) is 19.2 Å². The fraction of sp³-hybridized carbons (Fsp3) is 0.600. The second-order valence-electron chi connectivity index (χ2n) is 5.35.